The maximum atomic E-state index is 5.98. The zero-order valence-corrected chi connectivity index (χ0v) is 12.1. The summed E-state index contributed by atoms with van der Waals surface area (Å²) in [6.45, 7) is 8.27. The topological polar surface area (TPSA) is 63.2 Å². The number of guanidine groups is 1. The van der Waals surface area contributed by atoms with Crippen molar-refractivity contribution in [3.8, 4) is 5.75 Å². The number of para-hydroxylation sites is 1. The molecule has 0 fully saturated rings. The van der Waals surface area contributed by atoms with E-state index in [9.17, 15) is 0 Å². The maximum Gasteiger partial charge on any atom is 0.222 e. The molecule has 2 N–H and O–H groups in total. The van der Waals surface area contributed by atoms with Crippen LogP contribution in [0.3, 0.4) is 0 Å². The summed E-state index contributed by atoms with van der Waals surface area (Å²) in [5, 5.41) is 5.95. The molecule has 0 aromatic heterocycles. The van der Waals surface area contributed by atoms with Crippen molar-refractivity contribution in [2.45, 2.75) is 20.3 Å². The van der Waals surface area contributed by atoms with Crippen LogP contribution in [-0.4, -0.2) is 24.3 Å². The average molecular weight is 272 g/mol. The van der Waals surface area contributed by atoms with E-state index >= 15 is 0 Å². The largest absolute Gasteiger partial charge is 0.494 e. The molecule has 2 rings (SSSR count). The van der Waals surface area contributed by atoms with Crippen molar-refractivity contribution in [1.82, 2.24) is 5.01 Å². The zero-order valence-electron chi connectivity index (χ0n) is 12.1. The highest BCUT2D eigenvalue weighted by Gasteiger charge is 2.23. The standard InChI is InChI=1S/C15H20N4O/c1-5-10(2)9-17-19-11(3)12-7-6-8-13(20-4)14(12)18-15(19)16/h6-10H,3,5H2,1-2,4H3,(H2,16,18)/b17-9-. The number of benzene rings is 1. The van der Waals surface area contributed by atoms with E-state index in [1.807, 2.05) is 24.4 Å². The van der Waals surface area contributed by atoms with E-state index < -0.39 is 0 Å². The predicted molar refractivity (Wildman–Crippen MR) is 83.1 cm³/mol. The normalized spacial score (nSPS) is 16.1. The number of nitrogens with zero attached hydrogens (tertiary/aromatic N) is 3. The summed E-state index contributed by atoms with van der Waals surface area (Å²) in [5.41, 5.74) is 8.26. The van der Waals surface area contributed by atoms with Gasteiger partial charge in [0, 0.05) is 11.8 Å². The molecule has 0 saturated heterocycles. The van der Waals surface area contributed by atoms with Gasteiger partial charge in [-0.3, -0.25) is 0 Å². The summed E-state index contributed by atoms with van der Waals surface area (Å²) in [6, 6.07) is 5.68. The first-order chi connectivity index (χ1) is 9.58. The van der Waals surface area contributed by atoms with Crippen molar-refractivity contribution in [3.05, 3.63) is 30.3 Å². The van der Waals surface area contributed by atoms with Crippen LogP contribution < -0.4 is 10.5 Å². The molecular weight excluding hydrogens is 252 g/mol. The van der Waals surface area contributed by atoms with Gasteiger partial charge >= 0.3 is 0 Å². The molecule has 0 saturated carbocycles. The van der Waals surface area contributed by atoms with Gasteiger partial charge in [0.1, 0.15) is 11.4 Å². The molecule has 1 aromatic carbocycles. The third kappa shape index (κ3) is 2.52. The van der Waals surface area contributed by atoms with Crippen LogP contribution in [0.1, 0.15) is 25.8 Å². The molecule has 1 aliphatic rings. The Labute approximate surface area is 119 Å². The molecule has 0 spiro atoms. The molecule has 1 heterocycles. The number of aliphatic imine (C=N–C) groups is 1. The van der Waals surface area contributed by atoms with Crippen molar-refractivity contribution in [3.63, 3.8) is 0 Å². The van der Waals surface area contributed by atoms with E-state index in [4.69, 9.17) is 10.5 Å². The van der Waals surface area contributed by atoms with Crippen molar-refractivity contribution < 1.29 is 4.74 Å². The van der Waals surface area contributed by atoms with Crippen LogP contribution >= 0.6 is 0 Å². The SMILES string of the molecule is C=C1c2cccc(OC)c2N=C(N)N1/N=C\C(C)CC. The molecule has 106 valence electrons. The Kier molecular flexibility index (Phi) is 4.08. The second-order valence-corrected chi connectivity index (χ2v) is 4.74. The molecule has 1 atom stereocenters. The lowest BCUT2D eigenvalue weighted by Crippen LogP contribution is -2.34. The number of rotatable bonds is 4. The van der Waals surface area contributed by atoms with E-state index in [1.165, 1.54) is 0 Å². The minimum Gasteiger partial charge on any atom is -0.494 e. The van der Waals surface area contributed by atoms with Gasteiger partial charge in [0.05, 0.1) is 12.8 Å². The Morgan fingerprint density at radius 2 is 2.30 bits per heavy atom. The lowest BCUT2D eigenvalue weighted by atomic mass is 10.1. The molecule has 0 radical (unpaired) electrons. The van der Waals surface area contributed by atoms with Crippen LogP contribution in [-0.2, 0) is 0 Å². The number of nitrogens with two attached hydrogens (primary N) is 1. The highest BCUT2D eigenvalue weighted by Crippen LogP contribution is 2.39. The van der Waals surface area contributed by atoms with Gasteiger partial charge in [0.2, 0.25) is 5.96 Å². The van der Waals surface area contributed by atoms with Gasteiger partial charge in [-0.1, -0.05) is 32.6 Å². The first-order valence-corrected chi connectivity index (χ1v) is 6.63. The summed E-state index contributed by atoms with van der Waals surface area (Å²) < 4.78 is 5.30. The van der Waals surface area contributed by atoms with Crippen molar-refractivity contribution in [2.75, 3.05) is 7.11 Å². The molecule has 0 amide bonds. The van der Waals surface area contributed by atoms with Crippen molar-refractivity contribution >= 4 is 23.6 Å². The molecule has 1 aliphatic heterocycles. The Morgan fingerprint density at radius 3 is 2.95 bits per heavy atom. The van der Waals surface area contributed by atoms with Gasteiger partial charge in [-0.15, -0.1) is 0 Å². The Balaban J connectivity index is 2.39. The summed E-state index contributed by atoms with van der Waals surface area (Å²) in [4.78, 5) is 4.37. The Hall–Kier alpha value is -2.30. The fourth-order valence-electron chi connectivity index (χ4n) is 1.86. The van der Waals surface area contributed by atoms with E-state index in [2.05, 4.69) is 30.5 Å². The molecule has 1 unspecified atom stereocenters. The average Bonchev–Trinajstić information content (AvgIpc) is 2.46. The number of methoxy groups -OCH3 is 1. The number of hydrogen-bond acceptors (Lipinski definition) is 5. The Bertz CT molecular complexity index is 577. The van der Waals surface area contributed by atoms with Crippen LogP contribution in [0.25, 0.3) is 5.70 Å². The molecule has 0 aliphatic carbocycles. The highest BCUT2D eigenvalue weighted by molar-refractivity contribution is 5.97. The second-order valence-electron chi connectivity index (χ2n) is 4.74. The smallest absolute Gasteiger partial charge is 0.222 e. The van der Waals surface area contributed by atoms with Gasteiger partial charge in [0.25, 0.3) is 0 Å². The van der Waals surface area contributed by atoms with E-state index in [0.29, 0.717) is 29.0 Å². The third-order valence-corrected chi connectivity index (χ3v) is 3.31. The molecule has 20 heavy (non-hydrogen) atoms. The molecule has 5 nitrogen and oxygen atoms in total. The first kappa shape index (κ1) is 14.1. The minimum atomic E-state index is 0.298. The molecule has 0 bridgehead atoms. The monoisotopic (exact) mass is 272 g/mol. The Morgan fingerprint density at radius 1 is 1.55 bits per heavy atom. The maximum absolute atomic E-state index is 5.98. The van der Waals surface area contributed by atoms with Crippen LogP contribution in [0.15, 0.2) is 34.9 Å². The summed E-state index contributed by atoms with van der Waals surface area (Å²) in [7, 11) is 1.61. The lowest BCUT2D eigenvalue weighted by molar-refractivity contribution is 0.415. The number of ether oxygens (including phenoxy) is 1. The number of fused-ring (bicyclic) bond motifs is 1. The summed E-state index contributed by atoms with van der Waals surface area (Å²) >= 11 is 0. The second kappa shape index (κ2) is 5.77. The number of hydrogen-bond donors (Lipinski definition) is 1. The van der Waals surface area contributed by atoms with Gasteiger partial charge in [-0.25, -0.2) is 10.0 Å². The van der Waals surface area contributed by atoms with Gasteiger partial charge in [0.15, 0.2) is 0 Å². The quantitative estimate of drug-likeness (QED) is 0.857. The van der Waals surface area contributed by atoms with Gasteiger partial charge in [-0.2, -0.15) is 5.10 Å². The molecular formula is C15H20N4O. The highest BCUT2D eigenvalue weighted by atomic mass is 16.5. The number of hydrazone groups is 1. The summed E-state index contributed by atoms with van der Waals surface area (Å²) in [6.07, 6.45) is 2.88. The molecule has 5 heteroatoms. The van der Waals surface area contributed by atoms with Gasteiger partial charge < -0.3 is 10.5 Å². The lowest BCUT2D eigenvalue weighted by Gasteiger charge is -2.26. The zero-order chi connectivity index (χ0) is 14.7. The summed E-state index contributed by atoms with van der Waals surface area (Å²) in [5.74, 6) is 1.35. The molecule has 1 aromatic rings. The predicted octanol–water partition coefficient (Wildman–Crippen LogP) is 2.96. The van der Waals surface area contributed by atoms with Crippen LogP contribution in [0.4, 0.5) is 5.69 Å². The van der Waals surface area contributed by atoms with Gasteiger partial charge in [-0.05, 0) is 18.4 Å². The fourth-order valence-corrected chi connectivity index (χ4v) is 1.86. The van der Waals surface area contributed by atoms with Crippen LogP contribution in [0.2, 0.25) is 0 Å². The third-order valence-electron chi connectivity index (χ3n) is 3.31. The van der Waals surface area contributed by atoms with Crippen LogP contribution in [0.5, 0.6) is 5.75 Å². The van der Waals surface area contributed by atoms with Crippen molar-refractivity contribution in [2.24, 2.45) is 21.7 Å². The fraction of sp³-hybridized carbons (Fsp3) is 0.333. The van der Waals surface area contributed by atoms with E-state index in [0.717, 1.165) is 12.0 Å². The van der Waals surface area contributed by atoms with Crippen molar-refractivity contribution in [1.29, 1.82) is 0 Å². The van der Waals surface area contributed by atoms with E-state index in [-0.39, 0.29) is 0 Å². The minimum absolute atomic E-state index is 0.298. The van der Waals surface area contributed by atoms with Crippen LogP contribution in [0, 0.1) is 5.92 Å². The van der Waals surface area contributed by atoms with E-state index in [1.54, 1.807) is 12.1 Å². The first-order valence-electron chi connectivity index (χ1n) is 6.63.